The predicted octanol–water partition coefficient (Wildman–Crippen LogP) is 3.29. The van der Waals surface area contributed by atoms with E-state index in [-0.39, 0.29) is 0 Å². The first-order valence-corrected chi connectivity index (χ1v) is 6.29. The first kappa shape index (κ1) is 12.4. The highest BCUT2D eigenvalue weighted by atomic mass is 15.1. The van der Waals surface area contributed by atoms with E-state index in [9.17, 15) is 0 Å². The molecule has 2 nitrogen and oxygen atoms in total. The summed E-state index contributed by atoms with van der Waals surface area (Å²) in [5.41, 5.74) is 0. The maximum absolute atomic E-state index is 4.35. The number of allylic oxidation sites excluding steroid dienone is 1. The minimum absolute atomic E-state index is 0.422. The third kappa shape index (κ3) is 6.45. The van der Waals surface area contributed by atoms with Gasteiger partial charge < -0.3 is 0 Å². The molecule has 0 fully saturated rings. The van der Waals surface area contributed by atoms with Crippen molar-refractivity contribution in [2.24, 2.45) is 4.99 Å². The Morgan fingerprint density at radius 3 is 2.60 bits per heavy atom. The van der Waals surface area contributed by atoms with Gasteiger partial charge in [-0.2, -0.15) is 0 Å². The lowest BCUT2D eigenvalue weighted by Gasteiger charge is -2.07. The predicted molar refractivity (Wildman–Crippen MR) is 67.4 cm³/mol. The van der Waals surface area contributed by atoms with Crippen LogP contribution in [0.15, 0.2) is 17.6 Å². The molecule has 15 heavy (non-hydrogen) atoms. The molecular weight excluding hydrogens is 184 g/mol. The lowest BCUT2D eigenvalue weighted by atomic mass is 10.1. The molecule has 1 heterocycles. The van der Waals surface area contributed by atoms with Gasteiger partial charge in [-0.25, -0.2) is 0 Å². The van der Waals surface area contributed by atoms with Crippen molar-refractivity contribution in [3.63, 3.8) is 0 Å². The Labute approximate surface area is 93.9 Å². The lowest BCUT2D eigenvalue weighted by Crippen LogP contribution is -2.21. The molecule has 1 rings (SSSR count). The number of aliphatic imine (C=N–C) groups is 1. The second-order valence-electron chi connectivity index (χ2n) is 4.24. The van der Waals surface area contributed by atoms with Gasteiger partial charge in [-0.05, 0) is 25.7 Å². The highest BCUT2D eigenvalue weighted by molar-refractivity contribution is 5.61. The maximum atomic E-state index is 4.35. The van der Waals surface area contributed by atoms with E-state index in [1.165, 1.54) is 51.4 Å². The first-order chi connectivity index (χ1) is 7.43. The Kier molecular flexibility index (Phi) is 7.18. The van der Waals surface area contributed by atoms with Crippen molar-refractivity contribution in [1.82, 2.24) is 5.32 Å². The fourth-order valence-corrected chi connectivity index (χ4v) is 1.93. The summed E-state index contributed by atoms with van der Waals surface area (Å²) in [6, 6.07) is 0. The summed E-state index contributed by atoms with van der Waals surface area (Å²) >= 11 is 0. The van der Waals surface area contributed by atoms with Crippen molar-refractivity contribution in [3.8, 4) is 0 Å². The molecule has 1 aliphatic heterocycles. The smallest absolute Gasteiger partial charge is 0.0993 e. The van der Waals surface area contributed by atoms with E-state index in [4.69, 9.17) is 0 Å². The summed E-state index contributed by atoms with van der Waals surface area (Å²) in [5.74, 6) is 0. The van der Waals surface area contributed by atoms with Crippen LogP contribution in [-0.2, 0) is 0 Å². The fourth-order valence-electron chi connectivity index (χ4n) is 1.93. The molecule has 0 aromatic rings. The Morgan fingerprint density at radius 2 is 1.93 bits per heavy atom. The summed E-state index contributed by atoms with van der Waals surface area (Å²) in [4.78, 5) is 4.35. The van der Waals surface area contributed by atoms with Crippen molar-refractivity contribution in [3.05, 3.63) is 12.7 Å². The van der Waals surface area contributed by atoms with E-state index in [0.29, 0.717) is 6.17 Å². The van der Waals surface area contributed by atoms with Crippen LogP contribution in [0.1, 0.15) is 51.4 Å². The molecule has 0 saturated heterocycles. The Hall–Kier alpha value is -0.630. The minimum atomic E-state index is 0.422. The van der Waals surface area contributed by atoms with Gasteiger partial charge in [-0.3, -0.25) is 10.3 Å². The van der Waals surface area contributed by atoms with Crippen molar-refractivity contribution >= 4 is 6.21 Å². The molecule has 0 aromatic carbocycles. The molecule has 0 saturated carbocycles. The van der Waals surface area contributed by atoms with Crippen LogP contribution in [0.25, 0.3) is 0 Å². The van der Waals surface area contributed by atoms with Gasteiger partial charge in [0.2, 0.25) is 0 Å². The first-order valence-electron chi connectivity index (χ1n) is 6.29. The maximum Gasteiger partial charge on any atom is 0.0993 e. The van der Waals surface area contributed by atoms with Crippen LogP contribution >= 0.6 is 0 Å². The van der Waals surface area contributed by atoms with Crippen molar-refractivity contribution in [2.75, 3.05) is 6.54 Å². The second kappa shape index (κ2) is 8.66. The third-order valence-electron chi connectivity index (χ3n) is 2.87. The van der Waals surface area contributed by atoms with Crippen LogP contribution in [0.3, 0.4) is 0 Å². The van der Waals surface area contributed by atoms with Crippen molar-refractivity contribution in [1.29, 1.82) is 0 Å². The second-order valence-corrected chi connectivity index (χ2v) is 4.24. The molecule has 0 aromatic heterocycles. The minimum Gasteiger partial charge on any atom is -0.291 e. The van der Waals surface area contributed by atoms with E-state index in [0.717, 1.165) is 6.54 Å². The van der Waals surface area contributed by atoms with E-state index in [1.807, 2.05) is 12.3 Å². The quantitative estimate of drug-likeness (QED) is 0.456. The standard InChI is InChI=1S/C13H24N2/c1-2-3-4-5-6-7-8-9-10-13-14-11-12-15-13/h2,11,13,15H,1,3-10,12H2. The molecule has 0 amide bonds. The molecule has 1 unspecified atom stereocenters. The van der Waals surface area contributed by atoms with Gasteiger partial charge in [0.1, 0.15) is 0 Å². The van der Waals surface area contributed by atoms with Crippen LogP contribution in [-0.4, -0.2) is 18.9 Å². The Bertz CT molecular complexity index is 187. The van der Waals surface area contributed by atoms with Gasteiger partial charge in [-0.1, -0.05) is 31.8 Å². The highest BCUT2D eigenvalue weighted by Crippen LogP contribution is 2.10. The van der Waals surface area contributed by atoms with E-state index in [2.05, 4.69) is 16.9 Å². The zero-order valence-corrected chi connectivity index (χ0v) is 9.75. The number of nitrogens with zero attached hydrogens (tertiary/aromatic N) is 1. The third-order valence-corrected chi connectivity index (χ3v) is 2.87. The number of hydrogen-bond acceptors (Lipinski definition) is 2. The number of rotatable bonds is 9. The van der Waals surface area contributed by atoms with Crippen LogP contribution in [0.2, 0.25) is 0 Å². The van der Waals surface area contributed by atoms with Gasteiger partial charge in [0.05, 0.1) is 6.17 Å². The largest absolute Gasteiger partial charge is 0.291 e. The average Bonchev–Trinajstić information content (AvgIpc) is 2.75. The molecule has 1 aliphatic rings. The van der Waals surface area contributed by atoms with Crippen LogP contribution in [0, 0.1) is 0 Å². The van der Waals surface area contributed by atoms with Gasteiger partial charge in [-0.15, -0.1) is 6.58 Å². The summed E-state index contributed by atoms with van der Waals surface area (Å²) in [7, 11) is 0. The Balaban J connectivity index is 1.76. The summed E-state index contributed by atoms with van der Waals surface area (Å²) in [6.07, 6.45) is 14.9. The van der Waals surface area contributed by atoms with Gasteiger partial charge in [0.25, 0.3) is 0 Å². The zero-order chi connectivity index (χ0) is 10.8. The van der Waals surface area contributed by atoms with Crippen molar-refractivity contribution in [2.45, 2.75) is 57.5 Å². The molecule has 86 valence electrons. The Morgan fingerprint density at radius 1 is 1.20 bits per heavy atom. The van der Waals surface area contributed by atoms with Gasteiger partial charge in [0, 0.05) is 12.8 Å². The van der Waals surface area contributed by atoms with Crippen LogP contribution in [0.5, 0.6) is 0 Å². The van der Waals surface area contributed by atoms with Crippen LogP contribution in [0.4, 0.5) is 0 Å². The van der Waals surface area contributed by atoms with Crippen molar-refractivity contribution < 1.29 is 0 Å². The SMILES string of the molecule is C=CCCCCCCCCC1N=CCN1. The van der Waals surface area contributed by atoms with E-state index in [1.54, 1.807) is 0 Å². The van der Waals surface area contributed by atoms with Gasteiger partial charge in [0.15, 0.2) is 0 Å². The van der Waals surface area contributed by atoms with E-state index < -0.39 is 0 Å². The summed E-state index contributed by atoms with van der Waals surface area (Å²) in [5, 5.41) is 3.34. The summed E-state index contributed by atoms with van der Waals surface area (Å²) < 4.78 is 0. The molecule has 1 N–H and O–H groups in total. The molecule has 0 spiro atoms. The molecule has 2 heteroatoms. The lowest BCUT2D eigenvalue weighted by molar-refractivity contribution is 0.503. The molecule has 1 atom stereocenters. The molecule has 0 bridgehead atoms. The van der Waals surface area contributed by atoms with E-state index >= 15 is 0 Å². The average molecular weight is 208 g/mol. The highest BCUT2D eigenvalue weighted by Gasteiger charge is 2.07. The topological polar surface area (TPSA) is 24.4 Å². The number of hydrogen-bond donors (Lipinski definition) is 1. The molecular formula is C13H24N2. The zero-order valence-electron chi connectivity index (χ0n) is 9.75. The number of nitrogens with one attached hydrogen (secondary N) is 1. The fraction of sp³-hybridized carbons (Fsp3) is 0.769. The summed E-state index contributed by atoms with van der Waals surface area (Å²) in [6.45, 7) is 4.70. The van der Waals surface area contributed by atoms with Gasteiger partial charge >= 0.3 is 0 Å². The monoisotopic (exact) mass is 208 g/mol. The normalized spacial score (nSPS) is 19.6. The number of unbranched alkanes of at least 4 members (excludes halogenated alkanes) is 6. The molecule has 0 radical (unpaired) electrons. The molecule has 0 aliphatic carbocycles. The van der Waals surface area contributed by atoms with Crippen LogP contribution < -0.4 is 5.32 Å².